The van der Waals surface area contributed by atoms with Gasteiger partial charge in [-0.3, -0.25) is 4.79 Å². The molecule has 0 amide bonds. The lowest BCUT2D eigenvalue weighted by Crippen LogP contribution is -2.13. The van der Waals surface area contributed by atoms with E-state index in [1.165, 1.54) is 6.07 Å². The van der Waals surface area contributed by atoms with Gasteiger partial charge in [-0.1, -0.05) is 36.4 Å². The number of nitriles is 1. The molecule has 130 valence electrons. The second-order valence-electron chi connectivity index (χ2n) is 6.10. The molecule has 0 radical (unpaired) electrons. The summed E-state index contributed by atoms with van der Waals surface area (Å²) in [5.74, 6) is -1.36. The molecule has 0 saturated carbocycles. The topological polar surface area (TPSA) is 56.6 Å². The van der Waals surface area contributed by atoms with E-state index in [-0.39, 0.29) is 16.7 Å². The van der Waals surface area contributed by atoms with Gasteiger partial charge in [-0.2, -0.15) is 5.26 Å². The second-order valence-corrected chi connectivity index (χ2v) is 6.10. The van der Waals surface area contributed by atoms with Gasteiger partial charge >= 0.3 is 0 Å². The van der Waals surface area contributed by atoms with Crippen molar-refractivity contribution < 1.29 is 8.78 Å². The summed E-state index contributed by atoms with van der Waals surface area (Å²) in [5, 5.41) is 11.3. The predicted octanol–water partition coefficient (Wildman–Crippen LogP) is 5.01. The van der Waals surface area contributed by atoms with Crippen molar-refractivity contribution in [3.8, 4) is 28.5 Å². The van der Waals surface area contributed by atoms with Gasteiger partial charge in [-0.25, -0.2) is 8.78 Å². The second kappa shape index (κ2) is 6.50. The minimum atomic E-state index is -0.706. The van der Waals surface area contributed by atoms with Crippen LogP contribution in [0.2, 0.25) is 0 Å². The highest BCUT2D eigenvalue weighted by Crippen LogP contribution is 2.30. The Hall–Kier alpha value is -3.78. The van der Waals surface area contributed by atoms with Gasteiger partial charge < -0.3 is 4.98 Å². The third-order valence-corrected chi connectivity index (χ3v) is 4.42. The van der Waals surface area contributed by atoms with Crippen LogP contribution in [0.15, 0.2) is 71.5 Å². The van der Waals surface area contributed by atoms with Crippen LogP contribution in [0.1, 0.15) is 5.56 Å². The highest BCUT2D eigenvalue weighted by molar-refractivity contribution is 5.87. The number of H-pyrrole nitrogens is 1. The van der Waals surface area contributed by atoms with Gasteiger partial charge in [0.25, 0.3) is 5.56 Å². The molecule has 1 heterocycles. The molecule has 27 heavy (non-hydrogen) atoms. The first-order valence-corrected chi connectivity index (χ1v) is 8.19. The molecule has 1 N–H and O–H groups in total. The van der Waals surface area contributed by atoms with E-state index in [0.29, 0.717) is 11.3 Å². The predicted molar refractivity (Wildman–Crippen MR) is 100 cm³/mol. The summed E-state index contributed by atoms with van der Waals surface area (Å²) >= 11 is 0. The average Bonchev–Trinajstić information content (AvgIpc) is 2.69. The minimum absolute atomic E-state index is 0.0569. The number of hydrogen-bond donors (Lipinski definition) is 1. The molecule has 1 aromatic heterocycles. The van der Waals surface area contributed by atoms with Crippen LogP contribution in [0.3, 0.4) is 0 Å². The Bertz CT molecular complexity index is 1290. The summed E-state index contributed by atoms with van der Waals surface area (Å²) in [6.45, 7) is 0. The molecule has 3 aromatic carbocycles. The molecular weight excluding hydrogens is 346 g/mol. The van der Waals surface area contributed by atoms with Crippen LogP contribution >= 0.6 is 0 Å². The molecule has 0 aliphatic heterocycles. The van der Waals surface area contributed by atoms with E-state index in [4.69, 9.17) is 0 Å². The van der Waals surface area contributed by atoms with Gasteiger partial charge in [0.1, 0.15) is 23.3 Å². The molecule has 0 saturated heterocycles. The van der Waals surface area contributed by atoms with E-state index >= 15 is 0 Å². The van der Waals surface area contributed by atoms with E-state index in [2.05, 4.69) is 4.98 Å². The van der Waals surface area contributed by atoms with E-state index in [1.54, 1.807) is 6.07 Å². The number of benzene rings is 3. The number of halogens is 2. The highest BCUT2D eigenvalue weighted by Gasteiger charge is 2.16. The molecule has 5 heteroatoms. The SMILES string of the molecule is N#Cc1c(-c2cc(F)ccc2F)cc(-c2ccc3ccccc3c2)[nH]c1=O. The minimum Gasteiger partial charge on any atom is -0.321 e. The number of rotatable bonds is 2. The fourth-order valence-corrected chi connectivity index (χ4v) is 3.10. The molecule has 0 aliphatic carbocycles. The van der Waals surface area contributed by atoms with Crippen LogP contribution in [0.4, 0.5) is 8.78 Å². The molecule has 3 nitrogen and oxygen atoms in total. The Labute approximate surface area is 153 Å². The van der Waals surface area contributed by atoms with Gasteiger partial charge in [-0.15, -0.1) is 0 Å². The van der Waals surface area contributed by atoms with Crippen molar-refractivity contribution in [2.24, 2.45) is 0 Å². The van der Waals surface area contributed by atoms with E-state index in [0.717, 1.165) is 29.0 Å². The summed E-state index contributed by atoms with van der Waals surface area (Å²) < 4.78 is 27.9. The van der Waals surface area contributed by atoms with Crippen LogP contribution in [-0.4, -0.2) is 4.98 Å². The first-order valence-electron chi connectivity index (χ1n) is 8.19. The zero-order valence-electron chi connectivity index (χ0n) is 14.0. The van der Waals surface area contributed by atoms with Gasteiger partial charge in [0.15, 0.2) is 0 Å². The summed E-state index contributed by atoms with van der Waals surface area (Å²) in [6.07, 6.45) is 0. The molecule has 0 atom stereocenters. The van der Waals surface area contributed by atoms with E-state index < -0.39 is 17.2 Å². The van der Waals surface area contributed by atoms with Gasteiger partial charge in [0.05, 0.1) is 0 Å². The quantitative estimate of drug-likeness (QED) is 0.547. The Balaban J connectivity index is 1.98. The fourth-order valence-electron chi connectivity index (χ4n) is 3.10. The Kier molecular flexibility index (Phi) is 4.02. The largest absolute Gasteiger partial charge is 0.321 e. The van der Waals surface area contributed by atoms with Crippen LogP contribution < -0.4 is 5.56 Å². The zero-order valence-corrected chi connectivity index (χ0v) is 14.0. The van der Waals surface area contributed by atoms with Crippen molar-refractivity contribution in [3.63, 3.8) is 0 Å². The fraction of sp³-hybridized carbons (Fsp3) is 0. The Morgan fingerprint density at radius 2 is 1.63 bits per heavy atom. The summed E-state index contributed by atoms with van der Waals surface area (Å²) in [5.41, 5.74) is 0.142. The lowest BCUT2D eigenvalue weighted by atomic mass is 9.97. The molecule has 0 bridgehead atoms. The van der Waals surface area contributed by atoms with Crippen LogP contribution in [0.25, 0.3) is 33.2 Å². The number of nitrogens with zero attached hydrogens (tertiary/aromatic N) is 1. The molecule has 0 aliphatic rings. The van der Waals surface area contributed by atoms with Gasteiger partial charge in [-0.05, 0) is 46.7 Å². The number of aromatic nitrogens is 1. The average molecular weight is 358 g/mol. The van der Waals surface area contributed by atoms with E-state index in [1.807, 2.05) is 42.5 Å². The van der Waals surface area contributed by atoms with Crippen molar-refractivity contribution in [3.05, 3.63) is 94.3 Å². The van der Waals surface area contributed by atoms with Crippen LogP contribution in [-0.2, 0) is 0 Å². The maximum absolute atomic E-state index is 14.3. The normalized spacial score (nSPS) is 10.7. The third kappa shape index (κ3) is 2.98. The number of hydrogen-bond acceptors (Lipinski definition) is 2. The first kappa shape index (κ1) is 16.7. The monoisotopic (exact) mass is 358 g/mol. The highest BCUT2D eigenvalue weighted by atomic mass is 19.1. The Morgan fingerprint density at radius 1 is 0.852 bits per heavy atom. The maximum atomic E-state index is 14.3. The van der Waals surface area contributed by atoms with Crippen molar-refractivity contribution in [1.29, 1.82) is 5.26 Å². The van der Waals surface area contributed by atoms with Crippen molar-refractivity contribution in [2.45, 2.75) is 0 Å². The number of fused-ring (bicyclic) bond motifs is 1. The smallest absolute Gasteiger partial charge is 0.266 e. The van der Waals surface area contributed by atoms with Crippen molar-refractivity contribution >= 4 is 10.8 Å². The van der Waals surface area contributed by atoms with Crippen molar-refractivity contribution in [2.75, 3.05) is 0 Å². The van der Waals surface area contributed by atoms with E-state index in [9.17, 15) is 18.8 Å². The molecule has 4 rings (SSSR count). The number of nitrogens with one attached hydrogen (secondary N) is 1. The summed E-state index contributed by atoms with van der Waals surface area (Å²) in [7, 11) is 0. The Morgan fingerprint density at radius 3 is 2.41 bits per heavy atom. The molecule has 0 spiro atoms. The number of pyridine rings is 1. The summed E-state index contributed by atoms with van der Waals surface area (Å²) in [6, 6.07) is 19.6. The lowest BCUT2D eigenvalue weighted by molar-refractivity contribution is 0.603. The zero-order chi connectivity index (χ0) is 19.0. The van der Waals surface area contributed by atoms with Crippen molar-refractivity contribution in [1.82, 2.24) is 4.98 Å². The van der Waals surface area contributed by atoms with Gasteiger partial charge in [0.2, 0.25) is 0 Å². The standard InChI is InChI=1S/C22H12F2N2O/c23-16-7-8-20(24)18(10-16)17-11-21(26-22(27)19(17)12-25)15-6-5-13-3-1-2-4-14(13)9-15/h1-11H,(H,26,27). The molecular formula is C22H12F2N2O. The summed E-state index contributed by atoms with van der Waals surface area (Å²) in [4.78, 5) is 15.1. The molecule has 0 fully saturated rings. The maximum Gasteiger partial charge on any atom is 0.266 e. The molecule has 4 aromatic rings. The van der Waals surface area contributed by atoms with Crippen LogP contribution in [0, 0.1) is 23.0 Å². The lowest BCUT2D eigenvalue weighted by Gasteiger charge is -2.10. The number of aromatic amines is 1. The third-order valence-electron chi connectivity index (χ3n) is 4.42. The molecule has 0 unspecified atom stereocenters. The van der Waals surface area contributed by atoms with Gasteiger partial charge in [0, 0.05) is 16.8 Å². The first-order chi connectivity index (χ1) is 13.1. The van der Waals surface area contributed by atoms with Crippen LogP contribution in [0.5, 0.6) is 0 Å².